The number of fused-ring (bicyclic) bond motifs is 1. The van der Waals surface area contributed by atoms with Gasteiger partial charge in [-0.3, -0.25) is 0 Å². The summed E-state index contributed by atoms with van der Waals surface area (Å²) in [5.41, 5.74) is 4.80. The molecule has 41 heavy (non-hydrogen) atoms. The Morgan fingerprint density at radius 2 is 1.78 bits per heavy atom. The van der Waals surface area contributed by atoms with Crippen molar-refractivity contribution in [2.75, 3.05) is 20.3 Å². The van der Waals surface area contributed by atoms with Gasteiger partial charge < -0.3 is 35.3 Å². The predicted octanol–water partition coefficient (Wildman–Crippen LogP) is 1.31. The summed E-state index contributed by atoms with van der Waals surface area (Å²) in [4.78, 5) is 26.4. The summed E-state index contributed by atoms with van der Waals surface area (Å²) in [5, 5.41) is 14.9. The number of rotatable bonds is 8. The Morgan fingerprint density at radius 3 is 2.24 bits per heavy atom. The third kappa shape index (κ3) is 8.80. The Hall–Kier alpha value is -3.39. The van der Waals surface area contributed by atoms with E-state index in [1.54, 1.807) is 0 Å². The van der Waals surface area contributed by atoms with E-state index in [0.29, 0.717) is 11.3 Å². The molecule has 3 rings (SSSR count). The summed E-state index contributed by atoms with van der Waals surface area (Å²) in [6.45, 7) is 1.64. The van der Waals surface area contributed by atoms with Crippen LogP contribution >= 0.6 is 0 Å². The van der Waals surface area contributed by atoms with E-state index in [-0.39, 0.29) is 12.3 Å². The number of aliphatic carboxylic acids is 1. The van der Waals surface area contributed by atoms with E-state index >= 15 is 0 Å². The van der Waals surface area contributed by atoms with Gasteiger partial charge in [-0.25, -0.2) is 14.3 Å². The van der Waals surface area contributed by atoms with Crippen LogP contribution in [0, 0.1) is 0 Å². The lowest BCUT2D eigenvalue weighted by atomic mass is 10.1. The van der Waals surface area contributed by atoms with Gasteiger partial charge in [0.15, 0.2) is 17.8 Å². The molecule has 1 aliphatic rings. The first-order valence-corrected chi connectivity index (χ1v) is 11.5. The van der Waals surface area contributed by atoms with Crippen LogP contribution in [0.5, 0.6) is 0 Å². The van der Waals surface area contributed by atoms with Gasteiger partial charge in [0.05, 0.1) is 31.6 Å². The third-order valence-electron chi connectivity index (χ3n) is 5.84. The number of quaternary nitrogens is 1. The number of urea groups is 1. The molecule has 4 N–H and O–H groups in total. The fraction of sp³-hybridized carbons (Fsp3) is 0.619. The van der Waals surface area contributed by atoms with Crippen LogP contribution in [0.4, 0.5) is 44.3 Å². The number of carbonyl (C=O) groups is 2. The summed E-state index contributed by atoms with van der Waals surface area (Å²) < 4.78 is 121. The minimum absolute atomic E-state index is 0.0957. The third-order valence-corrected chi connectivity index (χ3v) is 5.84. The molecule has 11 nitrogen and oxygen atoms in total. The van der Waals surface area contributed by atoms with Gasteiger partial charge >= 0.3 is 24.6 Å². The molecule has 20 heteroatoms. The van der Waals surface area contributed by atoms with E-state index in [2.05, 4.69) is 15.8 Å². The van der Waals surface area contributed by atoms with Crippen molar-refractivity contribution in [3.63, 3.8) is 0 Å². The second kappa shape index (κ2) is 12.6. The number of carboxylic acids is 1. The lowest BCUT2D eigenvalue weighted by Gasteiger charge is -2.26. The van der Waals surface area contributed by atoms with Crippen molar-refractivity contribution < 1.29 is 69.4 Å². The van der Waals surface area contributed by atoms with E-state index in [1.165, 1.54) is 37.0 Å². The van der Waals surface area contributed by atoms with E-state index in [4.69, 9.17) is 19.4 Å². The summed E-state index contributed by atoms with van der Waals surface area (Å²) in [6.07, 6.45) is -14.4. The van der Waals surface area contributed by atoms with Gasteiger partial charge in [0.1, 0.15) is 23.8 Å². The quantitative estimate of drug-likeness (QED) is 0.427. The van der Waals surface area contributed by atoms with E-state index in [9.17, 15) is 44.3 Å². The first-order valence-electron chi connectivity index (χ1n) is 11.5. The Kier molecular flexibility index (Phi) is 10.4. The fourth-order valence-corrected chi connectivity index (χ4v) is 3.54. The minimum Gasteiger partial charge on any atom is -0.542 e. The SMILES string of the molecule is COC[C@H](c1cnn2cc([C@@H]([NH3+])[C@@H](C)O[C@H](C)C(F)(F)F)nc2c1)N1C[C@@H](C(F)(F)F)NC1=O.O=C([O-])C(F)(F)F. The molecule has 3 heterocycles. The van der Waals surface area contributed by atoms with Gasteiger partial charge in [-0.05, 0) is 19.9 Å². The van der Waals surface area contributed by atoms with Crippen molar-refractivity contribution in [3.05, 3.63) is 29.7 Å². The predicted molar refractivity (Wildman–Crippen MR) is 115 cm³/mol. The molecule has 2 amide bonds. The van der Waals surface area contributed by atoms with Gasteiger partial charge in [0, 0.05) is 12.7 Å². The van der Waals surface area contributed by atoms with Crippen LogP contribution in [-0.4, -0.2) is 88.5 Å². The molecule has 0 aromatic carbocycles. The molecule has 232 valence electrons. The van der Waals surface area contributed by atoms with Gasteiger partial charge in [-0.1, -0.05) is 0 Å². The van der Waals surface area contributed by atoms with Crippen LogP contribution in [0.15, 0.2) is 18.5 Å². The van der Waals surface area contributed by atoms with Crippen molar-refractivity contribution in [1.82, 2.24) is 24.8 Å². The van der Waals surface area contributed by atoms with Gasteiger partial charge in [-0.15, -0.1) is 0 Å². The maximum absolute atomic E-state index is 13.1. The second-order valence-corrected chi connectivity index (χ2v) is 8.84. The Bertz CT molecular complexity index is 1200. The number of amides is 2. The number of hydrogen-bond donors (Lipinski definition) is 2. The molecule has 5 atom stereocenters. The number of alkyl halides is 9. The van der Waals surface area contributed by atoms with Crippen molar-refractivity contribution in [1.29, 1.82) is 0 Å². The molecule has 2 aromatic rings. The Labute approximate surface area is 225 Å². The number of hydrogen-bond acceptors (Lipinski definition) is 7. The molecule has 0 aliphatic carbocycles. The highest BCUT2D eigenvalue weighted by molar-refractivity contribution is 5.77. The van der Waals surface area contributed by atoms with Crippen LogP contribution in [0.25, 0.3) is 5.65 Å². The Balaban J connectivity index is 0.000000745. The lowest BCUT2D eigenvalue weighted by Crippen LogP contribution is -2.59. The van der Waals surface area contributed by atoms with Gasteiger partial charge in [0.2, 0.25) is 0 Å². The van der Waals surface area contributed by atoms with E-state index < -0.39 is 67.4 Å². The molecular weight excluding hydrogens is 587 g/mol. The minimum atomic E-state index is -5.19. The first kappa shape index (κ1) is 33.8. The van der Waals surface area contributed by atoms with Gasteiger partial charge in [0.25, 0.3) is 0 Å². The topological polar surface area (TPSA) is 149 Å². The molecule has 1 fully saturated rings. The van der Waals surface area contributed by atoms with Crippen molar-refractivity contribution in [2.24, 2.45) is 0 Å². The molecule has 1 aliphatic heterocycles. The molecule has 0 radical (unpaired) electrons. The molecule has 2 aromatic heterocycles. The summed E-state index contributed by atoms with van der Waals surface area (Å²) in [7, 11) is 1.35. The number of halogens is 9. The molecule has 0 saturated carbocycles. The summed E-state index contributed by atoms with van der Waals surface area (Å²) in [6, 6.07) is -3.02. The largest absolute Gasteiger partial charge is 0.542 e. The molecule has 0 spiro atoms. The molecule has 0 bridgehead atoms. The average Bonchev–Trinajstić information content (AvgIpc) is 3.44. The fourth-order valence-electron chi connectivity index (χ4n) is 3.54. The molecule has 0 unspecified atom stereocenters. The number of nitrogens with one attached hydrogen (secondary N) is 1. The van der Waals surface area contributed by atoms with Gasteiger partial charge in [-0.2, -0.15) is 44.6 Å². The van der Waals surface area contributed by atoms with Crippen LogP contribution < -0.4 is 16.2 Å². The van der Waals surface area contributed by atoms with Crippen molar-refractivity contribution >= 4 is 17.6 Å². The lowest BCUT2D eigenvalue weighted by molar-refractivity contribution is -0.450. The van der Waals surface area contributed by atoms with Crippen LogP contribution in [0.2, 0.25) is 0 Å². The smallest absolute Gasteiger partial charge is 0.430 e. The van der Waals surface area contributed by atoms with E-state index in [1.807, 2.05) is 5.32 Å². The normalized spacial score (nSPS) is 19.3. The van der Waals surface area contributed by atoms with Crippen LogP contribution in [-0.2, 0) is 14.3 Å². The monoisotopic (exact) mass is 612 g/mol. The summed E-state index contributed by atoms with van der Waals surface area (Å²) >= 11 is 0. The average molecular weight is 612 g/mol. The van der Waals surface area contributed by atoms with Crippen LogP contribution in [0.3, 0.4) is 0 Å². The number of carbonyl (C=O) groups excluding carboxylic acids is 2. The van der Waals surface area contributed by atoms with E-state index in [0.717, 1.165) is 11.8 Å². The molecule has 1 saturated heterocycles. The highest BCUT2D eigenvalue weighted by Gasteiger charge is 2.48. The number of ether oxygens (including phenoxy) is 2. The van der Waals surface area contributed by atoms with Crippen molar-refractivity contribution in [2.45, 2.75) is 62.7 Å². The summed E-state index contributed by atoms with van der Waals surface area (Å²) in [5.74, 6) is -3.01. The van der Waals surface area contributed by atoms with Crippen LogP contribution in [0.1, 0.15) is 37.2 Å². The first-order chi connectivity index (χ1) is 18.7. The highest BCUT2D eigenvalue weighted by atomic mass is 19.4. The zero-order valence-corrected chi connectivity index (χ0v) is 21.5. The molecular formula is C21H25F9N6O5. The highest BCUT2D eigenvalue weighted by Crippen LogP contribution is 2.31. The van der Waals surface area contributed by atoms with Crippen molar-refractivity contribution in [3.8, 4) is 0 Å². The number of imidazole rings is 1. The Morgan fingerprint density at radius 1 is 1.20 bits per heavy atom. The standard InChI is InChI=1S/C19H24F6N6O3.C2HF3O2/c1-9(34-10(2)18(20,21)22)16(26)12-6-31-15(28-12)4-11(5-27-31)13(8-33-3)30-7-14(19(23,24)25)29-17(30)32;3-2(4,5)1(6)7/h4-6,9-10,13-14,16H,7-8,26H2,1-3H3,(H,29,32);(H,6,7)/t9-,10-,13-,14+,16+;/m1./s1. The maximum Gasteiger partial charge on any atom is 0.430 e. The zero-order chi connectivity index (χ0) is 31.5. The number of aromatic nitrogens is 3. The zero-order valence-electron chi connectivity index (χ0n) is 21.5. The number of methoxy groups -OCH3 is 1. The second-order valence-electron chi connectivity index (χ2n) is 8.84. The number of carboxylic acid groups (broad SMARTS) is 1. The number of nitrogens with zero attached hydrogens (tertiary/aromatic N) is 4. The maximum atomic E-state index is 13.1.